The van der Waals surface area contributed by atoms with Gasteiger partial charge < -0.3 is 4.90 Å². The number of rotatable bonds is 3. The van der Waals surface area contributed by atoms with Crippen LogP contribution < -0.4 is 0 Å². The van der Waals surface area contributed by atoms with Crippen molar-refractivity contribution in [2.24, 2.45) is 5.92 Å². The topological polar surface area (TPSA) is 20.3 Å². The fourth-order valence-electron chi connectivity index (χ4n) is 3.06. The summed E-state index contributed by atoms with van der Waals surface area (Å²) in [7, 11) is 0. The zero-order valence-electron chi connectivity index (χ0n) is 12.1. The van der Waals surface area contributed by atoms with Gasteiger partial charge in [-0.05, 0) is 35.1 Å². The number of hydrogen-bond donors (Lipinski definition) is 0. The van der Waals surface area contributed by atoms with Crippen LogP contribution in [0.15, 0.2) is 42.5 Å². The van der Waals surface area contributed by atoms with E-state index in [1.165, 1.54) is 5.39 Å². The molecule has 1 aliphatic rings. The van der Waals surface area contributed by atoms with E-state index in [0.717, 1.165) is 23.8 Å². The second-order valence-electron chi connectivity index (χ2n) is 5.79. The average molecular weight is 285 g/mol. The minimum atomic E-state index is -0.259. The van der Waals surface area contributed by atoms with Crippen molar-refractivity contribution < 1.29 is 9.18 Å². The Hall–Kier alpha value is -1.90. The van der Waals surface area contributed by atoms with E-state index in [4.69, 9.17) is 0 Å². The Balaban J connectivity index is 1.72. The molecule has 0 N–H and O–H groups in total. The highest BCUT2D eigenvalue weighted by Crippen LogP contribution is 2.22. The first-order chi connectivity index (χ1) is 10.3. The zero-order valence-corrected chi connectivity index (χ0v) is 12.1. The summed E-state index contributed by atoms with van der Waals surface area (Å²) in [5.41, 5.74) is 1.07. The van der Waals surface area contributed by atoms with Crippen molar-refractivity contribution in [2.45, 2.75) is 19.3 Å². The molecule has 0 unspecified atom stereocenters. The summed E-state index contributed by atoms with van der Waals surface area (Å²) in [5, 5.41) is 2.31. The second kappa shape index (κ2) is 6.25. The second-order valence-corrected chi connectivity index (χ2v) is 5.79. The van der Waals surface area contributed by atoms with E-state index in [0.29, 0.717) is 19.5 Å². The lowest BCUT2D eigenvalue weighted by Gasteiger charge is -2.31. The molecule has 0 aliphatic carbocycles. The third-order valence-corrected chi connectivity index (χ3v) is 4.41. The molecule has 0 saturated carbocycles. The number of alkyl halides is 1. The van der Waals surface area contributed by atoms with Gasteiger partial charge in [-0.1, -0.05) is 42.5 Å². The third-order valence-electron chi connectivity index (χ3n) is 4.41. The van der Waals surface area contributed by atoms with Crippen molar-refractivity contribution in [1.82, 2.24) is 4.90 Å². The Kier molecular flexibility index (Phi) is 4.18. The Morgan fingerprint density at radius 2 is 1.81 bits per heavy atom. The van der Waals surface area contributed by atoms with Crippen LogP contribution >= 0.6 is 0 Å². The molecule has 1 amide bonds. The van der Waals surface area contributed by atoms with Gasteiger partial charge in [0, 0.05) is 13.1 Å². The Morgan fingerprint density at radius 1 is 1.10 bits per heavy atom. The Bertz CT molecular complexity index is 627. The van der Waals surface area contributed by atoms with E-state index >= 15 is 0 Å². The SMILES string of the molecule is O=C(Cc1cccc2ccccc12)N1CCC(CF)CC1. The highest BCUT2D eigenvalue weighted by atomic mass is 19.1. The summed E-state index contributed by atoms with van der Waals surface area (Å²) in [6.45, 7) is 1.13. The van der Waals surface area contributed by atoms with Crippen LogP contribution in [0.5, 0.6) is 0 Å². The minimum absolute atomic E-state index is 0.145. The van der Waals surface area contributed by atoms with Crippen LogP contribution in [0, 0.1) is 5.92 Å². The van der Waals surface area contributed by atoms with Crippen molar-refractivity contribution in [3.05, 3.63) is 48.0 Å². The summed E-state index contributed by atoms with van der Waals surface area (Å²) in [6, 6.07) is 14.2. The molecule has 1 saturated heterocycles. The number of carbonyl (C=O) groups excluding carboxylic acids is 1. The summed E-state index contributed by atoms with van der Waals surface area (Å²) in [5.74, 6) is 0.301. The van der Waals surface area contributed by atoms with Crippen LogP contribution in [0.3, 0.4) is 0 Å². The van der Waals surface area contributed by atoms with Crippen LogP contribution in [-0.2, 0) is 11.2 Å². The zero-order chi connectivity index (χ0) is 14.7. The molecule has 21 heavy (non-hydrogen) atoms. The fraction of sp³-hybridized carbons (Fsp3) is 0.389. The van der Waals surface area contributed by atoms with E-state index in [-0.39, 0.29) is 18.5 Å². The molecule has 0 spiro atoms. The summed E-state index contributed by atoms with van der Waals surface area (Å²) >= 11 is 0. The van der Waals surface area contributed by atoms with Gasteiger partial charge in [-0.15, -0.1) is 0 Å². The molecule has 0 atom stereocenters. The molecule has 110 valence electrons. The number of carbonyl (C=O) groups is 1. The molecule has 1 heterocycles. The number of likely N-dealkylation sites (tertiary alicyclic amines) is 1. The Labute approximate surface area is 124 Å². The molecule has 2 nitrogen and oxygen atoms in total. The molecule has 0 aromatic heterocycles. The Morgan fingerprint density at radius 3 is 2.57 bits per heavy atom. The summed E-state index contributed by atoms with van der Waals surface area (Å²) in [6.07, 6.45) is 2.01. The largest absolute Gasteiger partial charge is 0.342 e. The predicted octanol–water partition coefficient (Wildman–Crippen LogP) is 3.59. The average Bonchev–Trinajstić information content (AvgIpc) is 2.55. The molecule has 2 aromatic rings. The number of nitrogens with zero attached hydrogens (tertiary/aromatic N) is 1. The van der Waals surface area contributed by atoms with Crippen LogP contribution in [0.4, 0.5) is 4.39 Å². The first-order valence-corrected chi connectivity index (χ1v) is 7.58. The number of halogens is 1. The molecule has 3 rings (SSSR count). The van der Waals surface area contributed by atoms with Crippen molar-refractivity contribution in [2.75, 3.05) is 19.8 Å². The quantitative estimate of drug-likeness (QED) is 0.844. The highest BCUT2D eigenvalue weighted by Gasteiger charge is 2.22. The molecule has 0 radical (unpaired) electrons. The van der Waals surface area contributed by atoms with Crippen LogP contribution in [-0.4, -0.2) is 30.6 Å². The van der Waals surface area contributed by atoms with Gasteiger partial charge in [-0.25, -0.2) is 0 Å². The van der Waals surface area contributed by atoms with Gasteiger partial charge in [0.15, 0.2) is 0 Å². The summed E-state index contributed by atoms with van der Waals surface area (Å²) in [4.78, 5) is 14.3. The predicted molar refractivity (Wildman–Crippen MR) is 82.9 cm³/mol. The molecule has 1 fully saturated rings. The standard InChI is InChI=1S/C18H20FNO/c19-13-14-8-10-20(11-9-14)18(21)12-16-6-3-5-15-4-1-2-7-17(15)16/h1-7,14H,8-13H2. The maximum absolute atomic E-state index is 12.6. The van der Waals surface area contributed by atoms with Crippen molar-refractivity contribution in [3.8, 4) is 0 Å². The van der Waals surface area contributed by atoms with Gasteiger partial charge >= 0.3 is 0 Å². The molecule has 1 aliphatic heterocycles. The maximum Gasteiger partial charge on any atom is 0.227 e. The van der Waals surface area contributed by atoms with E-state index < -0.39 is 0 Å². The van der Waals surface area contributed by atoms with Crippen molar-refractivity contribution in [3.63, 3.8) is 0 Å². The van der Waals surface area contributed by atoms with E-state index in [2.05, 4.69) is 18.2 Å². The van der Waals surface area contributed by atoms with Gasteiger partial charge in [0.05, 0.1) is 13.1 Å². The molecule has 3 heteroatoms. The number of piperidine rings is 1. The monoisotopic (exact) mass is 285 g/mol. The first-order valence-electron chi connectivity index (χ1n) is 7.58. The van der Waals surface area contributed by atoms with Crippen molar-refractivity contribution >= 4 is 16.7 Å². The fourth-order valence-corrected chi connectivity index (χ4v) is 3.06. The first kappa shape index (κ1) is 14.1. The smallest absolute Gasteiger partial charge is 0.227 e. The van der Waals surface area contributed by atoms with E-state index in [9.17, 15) is 9.18 Å². The highest BCUT2D eigenvalue weighted by molar-refractivity contribution is 5.90. The van der Waals surface area contributed by atoms with Gasteiger partial charge in [0.2, 0.25) is 5.91 Å². The molecular weight excluding hydrogens is 265 g/mol. The third kappa shape index (κ3) is 3.07. The number of benzene rings is 2. The lowest BCUT2D eigenvalue weighted by atomic mass is 9.97. The van der Waals surface area contributed by atoms with Crippen LogP contribution in [0.25, 0.3) is 10.8 Å². The number of amides is 1. The molecular formula is C18H20FNO. The van der Waals surface area contributed by atoms with Gasteiger partial charge in [-0.3, -0.25) is 9.18 Å². The lowest BCUT2D eigenvalue weighted by Crippen LogP contribution is -2.39. The van der Waals surface area contributed by atoms with Gasteiger partial charge in [0.1, 0.15) is 0 Å². The summed E-state index contributed by atoms with van der Waals surface area (Å²) < 4.78 is 12.6. The number of fused-ring (bicyclic) bond motifs is 1. The molecule has 0 bridgehead atoms. The lowest BCUT2D eigenvalue weighted by molar-refractivity contribution is -0.131. The molecule has 2 aromatic carbocycles. The van der Waals surface area contributed by atoms with Gasteiger partial charge in [0.25, 0.3) is 0 Å². The maximum atomic E-state index is 12.6. The minimum Gasteiger partial charge on any atom is -0.342 e. The van der Waals surface area contributed by atoms with Gasteiger partial charge in [-0.2, -0.15) is 0 Å². The van der Waals surface area contributed by atoms with Crippen LogP contribution in [0.2, 0.25) is 0 Å². The van der Waals surface area contributed by atoms with E-state index in [1.807, 2.05) is 29.2 Å². The van der Waals surface area contributed by atoms with Crippen molar-refractivity contribution in [1.29, 1.82) is 0 Å². The van der Waals surface area contributed by atoms with Crippen LogP contribution in [0.1, 0.15) is 18.4 Å². The van der Waals surface area contributed by atoms with E-state index in [1.54, 1.807) is 0 Å². The number of hydrogen-bond acceptors (Lipinski definition) is 1. The normalized spacial score (nSPS) is 16.3.